The van der Waals surface area contributed by atoms with Gasteiger partial charge in [-0.3, -0.25) is 0 Å². The molecule has 0 heterocycles. The monoisotopic (exact) mass is 614 g/mol. The number of hydrogen-bond donors (Lipinski definition) is 0. The van der Waals surface area contributed by atoms with Gasteiger partial charge in [0.1, 0.15) is 57.9 Å². The van der Waals surface area contributed by atoms with Crippen molar-refractivity contribution >= 4 is 0 Å². The average Bonchev–Trinajstić information content (AvgIpc) is 3.10. The predicted molar refractivity (Wildman–Crippen MR) is 181 cm³/mol. The highest BCUT2D eigenvalue weighted by molar-refractivity contribution is 5.65. The fourth-order valence-electron chi connectivity index (χ4n) is 5.13. The average molecular weight is 615 g/mol. The molecule has 47 heavy (non-hydrogen) atoms. The standard InChI is InChI=1S/C41H30N2O4/c1-28-5-3-6-39(37(28)26-42)45-35-21-13-31(14-22-35)32-15-23-36(24-16-32)47-41-8-4-7-40(38(41)27-43)46-34-19-11-30(12-20-34)25-29-9-17-33(44-2)18-10-29/h3-24H,25H2,1-2H3. The second kappa shape index (κ2) is 14.1. The van der Waals surface area contributed by atoms with Crippen molar-refractivity contribution in [3.05, 3.63) is 161 Å². The first-order valence-electron chi connectivity index (χ1n) is 15.0. The van der Waals surface area contributed by atoms with E-state index in [2.05, 4.69) is 24.3 Å². The van der Waals surface area contributed by atoms with E-state index in [0.29, 0.717) is 45.6 Å². The first kappa shape index (κ1) is 30.5. The number of nitrogens with zero attached hydrogens (tertiary/aromatic N) is 2. The summed E-state index contributed by atoms with van der Waals surface area (Å²) in [6.07, 6.45) is 0.785. The maximum absolute atomic E-state index is 10.0. The minimum Gasteiger partial charge on any atom is -0.497 e. The molecule has 0 spiro atoms. The van der Waals surface area contributed by atoms with Crippen LogP contribution in [0.4, 0.5) is 0 Å². The summed E-state index contributed by atoms with van der Waals surface area (Å²) in [5, 5.41) is 19.5. The summed E-state index contributed by atoms with van der Waals surface area (Å²) in [6, 6.07) is 46.5. The summed E-state index contributed by atoms with van der Waals surface area (Å²) < 4.78 is 23.5. The zero-order valence-corrected chi connectivity index (χ0v) is 25.9. The molecule has 0 aliphatic rings. The van der Waals surface area contributed by atoms with Crippen LogP contribution in [-0.2, 0) is 6.42 Å². The Labute approximate surface area is 274 Å². The molecule has 0 fully saturated rings. The van der Waals surface area contributed by atoms with Gasteiger partial charge in [0.05, 0.1) is 12.7 Å². The minimum absolute atomic E-state index is 0.308. The Morgan fingerprint density at radius 2 is 0.851 bits per heavy atom. The Balaban J connectivity index is 1.11. The first-order chi connectivity index (χ1) is 23.0. The van der Waals surface area contributed by atoms with Crippen LogP contribution >= 0.6 is 0 Å². The molecule has 228 valence electrons. The molecule has 6 aromatic rings. The molecular weight excluding hydrogens is 584 g/mol. The van der Waals surface area contributed by atoms with Gasteiger partial charge in [-0.25, -0.2) is 0 Å². The molecule has 0 aliphatic heterocycles. The third-order valence-electron chi connectivity index (χ3n) is 7.66. The summed E-state index contributed by atoms with van der Waals surface area (Å²) >= 11 is 0. The lowest BCUT2D eigenvalue weighted by molar-refractivity contribution is 0.414. The first-order valence-corrected chi connectivity index (χ1v) is 15.0. The number of aryl methyl sites for hydroxylation is 1. The molecule has 6 rings (SSSR count). The topological polar surface area (TPSA) is 84.5 Å². The van der Waals surface area contributed by atoms with Crippen molar-refractivity contribution in [2.75, 3.05) is 7.11 Å². The van der Waals surface area contributed by atoms with Gasteiger partial charge in [-0.15, -0.1) is 0 Å². The number of ether oxygens (including phenoxy) is 4. The van der Waals surface area contributed by atoms with Crippen molar-refractivity contribution in [1.82, 2.24) is 0 Å². The quantitative estimate of drug-likeness (QED) is 0.153. The molecule has 0 saturated heterocycles. The fraction of sp³-hybridized carbons (Fsp3) is 0.0732. The van der Waals surface area contributed by atoms with E-state index in [1.807, 2.05) is 104 Å². The number of nitriles is 2. The largest absolute Gasteiger partial charge is 0.497 e. The molecule has 6 nitrogen and oxygen atoms in total. The van der Waals surface area contributed by atoms with E-state index < -0.39 is 0 Å². The summed E-state index contributed by atoms with van der Waals surface area (Å²) in [5.74, 6) is 4.05. The van der Waals surface area contributed by atoms with Gasteiger partial charge in [0.25, 0.3) is 0 Å². The second-order valence-electron chi connectivity index (χ2n) is 10.8. The summed E-state index contributed by atoms with van der Waals surface area (Å²) in [5.41, 5.74) is 6.02. The summed E-state index contributed by atoms with van der Waals surface area (Å²) in [4.78, 5) is 0. The molecule has 0 aromatic heterocycles. The Kier molecular flexibility index (Phi) is 9.14. The molecule has 0 bridgehead atoms. The Bertz CT molecular complexity index is 2070. The van der Waals surface area contributed by atoms with Gasteiger partial charge < -0.3 is 18.9 Å². The second-order valence-corrected chi connectivity index (χ2v) is 10.8. The van der Waals surface area contributed by atoms with Gasteiger partial charge in [0, 0.05) is 0 Å². The molecule has 0 N–H and O–H groups in total. The van der Waals surface area contributed by atoms with Crippen molar-refractivity contribution in [3.63, 3.8) is 0 Å². The summed E-state index contributed by atoms with van der Waals surface area (Å²) in [6.45, 7) is 1.89. The van der Waals surface area contributed by atoms with E-state index in [1.165, 1.54) is 5.56 Å². The highest BCUT2D eigenvalue weighted by atomic mass is 16.5. The van der Waals surface area contributed by atoms with E-state index in [9.17, 15) is 10.5 Å². The maximum Gasteiger partial charge on any atom is 0.149 e. The molecule has 6 aromatic carbocycles. The van der Waals surface area contributed by atoms with Crippen LogP contribution in [0.15, 0.2) is 133 Å². The van der Waals surface area contributed by atoms with Crippen LogP contribution in [0.25, 0.3) is 11.1 Å². The van der Waals surface area contributed by atoms with Crippen molar-refractivity contribution in [3.8, 4) is 63.5 Å². The third kappa shape index (κ3) is 7.26. The smallest absolute Gasteiger partial charge is 0.149 e. The van der Waals surface area contributed by atoms with Crippen LogP contribution in [-0.4, -0.2) is 7.11 Å². The van der Waals surface area contributed by atoms with Crippen molar-refractivity contribution < 1.29 is 18.9 Å². The van der Waals surface area contributed by atoms with Crippen molar-refractivity contribution in [1.29, 1.82) is 10.5 Å². The molecule has 0 amide bonds. The van der Waals surface area contributed by atoms with E-state index in [1.54, 1.807) is 31.4 Å². The molecule has 0 saturated carbocycles. The molecule has 0 aliphatic carbocycles. The van der Waals surface area contributed by atoms with Gasteiger partial charge in [-0.2, -0.15) is 10.5 Å². The van der Waals surface area contributed by atoms with Gasteiger partial charge in [0.15, 0.2) is 0 Å². The highest BCUT2D eigenvalue weighted by Gasteiger charge is 2.13. The molecule has 6 heteroatoms. The van der Waals surface area contributed by atoms with Crippen LogP contribution in [0.1, 0.15) is 27.8 Å². The van der Waals surface area contributed by atoms with E-state index >= 15 is 0 Å². The number of methoxy groups -OCH3 is 1. The van der Waals surface area contributed by atoms with Crippen LogP contribution in [0, 0.1) is 29.6 Å². The van der Waals surface area contributed by atoms with Crippen molar-refractivity contribution in [2.24, 2.45) is 0 Å². The normalized spacial score (nSPS) is 10.4. The zero-order chi connectivity index (χ0) is 32.6. The van der Waals surface area contributed by atoms with Gasteiger partial charge in [0.2, 0.25) is 0 Å². The number of benzene rings is 6. The fourth-order valence-corrected chi connectivity index (χ4v) is 5.13. The van der Waals surface area contributed by atoms with Gasteiger partial charge >= 0.3 is 0 Å². The lowest BCUT2D eigenvalue weighted by atomic mass is 10.0. The maximum atomic E-state index is 10.0. The SMILES string of the molecule is COc1ccc(Cc2ccc(Oc3cccc(Oc4ccc(-c5ccc(Oc6cccc(C)c6C#N)cc5)cc4)c3C#N)cc2)cc1. The van der Waals surface area contributed by atoms with Crippen molar-refractivity contribution in [2.45, 2.75) is 13.3 Å². The van der Waals surface area contributed by atoms with Crippen LogP contribution in [0.3, 0.4) is 0 Å². The highest BCUT2D eigenvalue weighted by Crippen LogP contribution is 2.35. The lowest BCUT2D eigenvalue weighted by Crippen LogP contribution is -1.94. The van der Waals surface area contributed by atoms with Crippen LogP contribution in [0.5, 0.6) is 40.2 Å². The van der Waals surface area contributed by atoms with Gasteiger partial charge in [-0.05, 0) is 108 Å². The summed E-state index contributed by atoms with van der Waals surface area (Å²) in [7, 11) is 1.66. The van der Waals surface area contributed by atoms with Gasteiger partial charge in [-0.1, -0.05) is 66.7 Å². The van der Waals surface area contributed by atoms with E-state index in [4.69, 9.17) is 18.9 Å². The van der Waals surface area contributed by atoms with Crippen LogP contribution in [0.2, 0.25) is 0 Å². The predicted octanol–water partition coefficient (Wildman–Crippen LogP) is 10.4. The lowest BCUT2D eigenvalue weighted by Gasteiger charge is -2.13. The molecule has 0 atom stereocenters. The van der Waals surface area contributed by atoms with E-state index in [-0.39, 0.29) is 0 Å². The molecular formula is C41H30N2O4. The minimum atomic E-state index is 0.308. The molecule has 0 radical (unpaired) electrons. The molecule has 0 unspecified atom stereocenters. The Morgan fingerprint density at radius 3 is 1.28 bits per heavy atom. The van der Waals surface area contributed by atoms with E-state index in [0.717, 1.165) is 34.4 Å². The third-order valence-corrected chi connectivity index (χ3v) is 7.66. The zero-order valence-electron chi connectivity index (χ0n) is 25.9. The Hall–Kier alpha value is -6.50. The van der Waals surface area contributed by atoms with Crippen LogP contribution < -0.4 is 18.9 Å². The number of rotatable bonds is 10. The Morgan fingerprint density at radius 1 is 0.468 bits per heavy atom. The number of hydrogen-bond acceptors (Lipinski definition) is 6.